The molecule has 3 aliphatic rings. The zero-order valence-electron chi connectivity index (χ0n) is 15.4. The molecule has 2 heterocycles. The van der Waals surface area contributed by atoms with Crippen LogP contribution in [0, 0.1) is 11.8 Å². The zero-order chi connectivity index (χ0) is 19.4. The lowest BCUT2D eigenvalue weighted by molar-refractivity contribution is -0.160. The van der Waals surface area contributed by atoms with Crippen LogP contribution < -0.4 is 0 Å². The summed E-state index contributed by atoms with van der Waals surface area (Å²) in [5, 5.41) is 10.9. The Labute approximate surface area is 152 Å². The van der Waals surface area contributed by atoms with E-state index in [4.69, 9.17) is 14.2 Å². The monoisotopic (exact) mass is 364 g/mol. The number of aliphatic hydroxyl groups is 1. The quantitative estimate of drug-likeness (QED) is 0.444. The highest BCUT2D eigenvalue weighted by atomic mass is 16.6. The highest BCUT2D eigenvalue weighted by Crippen LogP contribution is 2.43. The van der Waals surface area contributed by atoms with Crippen LogP contribution in [0.4, 0.5) is 0 Å². The maximum Gasteiger partial charge on any atom is 0.334 e. The number of carbonyl (C=O) groups excluding carboxylic acids is 3. The molecule has 0 unspecified atom stereocenters. The van der Waals surface area contributed by atoms with Crippen molar-refractivity contribution in [1.82, 2.24) is 0 Å². The molecule has 26 heavy (non-hydrogen) atoms. The molecule has 0 aromatic carbocycles. The van der Waals surface area contributed by atoms with Crippen LogP contribution in [0.3, 0.4) is 0 Å². The number of carbonyl (C=O) groups is 3. The Hall–Kier alpha value is -1.99. The lowest BCUT2D eigenvalue weighted by atomic mass is 9.80. The van der Waals surface area contributed by atoms with Crippen molar-refractivity contribution < 1.29 is 33.7 Å². The van der Waals surface area contributed by atoms with E-state index in [0.717, 1.165) is 0 Å². The molecule has 2 saturated heterocycles. The highest BCUT2D eigenvalue weighted by Gasteiger charge is 2.58. The fourth-order valence-electron chi connectivity index (χ4n) is 3.57. The number of hydrogen-bond acceptors (Lipinski definition) is 7. The summed E-state index contributed by atoms with van der Waals surface area (Å²) in [5.74, 6) is -2.33. The van der Waals surface area contributed by atoms with E-state index in [1.165, 1.54) is 6.92 Å². The lowest BCUT2D eigenvalue weighted by Crippen LogP contribution is -2.44. The largest absolute Gasteiger partial charge is 0.461 e. The van der Waals surface area contributed by atoms with Crippen molar-refractivity contribution in [1.29, 1.82) is 0 Å². The average molecular weight is 364 g/mol. The number of ketones is 1. The van der Waals surface area contributed by atoms with Crippen LogP contribution >= 0.6 is 0 Å². The zero-order valence-corrected chi connectivity index (χ0v) is 15.4. The predicted molar refractivity (Wildman–Crippen MR) is 89.9 cm³/mol. The first kappa shape index (κ1) is 18.8. The summed E-state index contributed by atoms with van der Waals surface area (Å²) >= 11 is 0. The Morgan fingerprint density at radius 2 is 2.08 bits per heavy atom. The Morgan fingerprint density at radius 3 is 2.69 bits per heavy atom. The number of Topliss-reactive ketones (excluding diaryl/α,β-unsaturated/α-hetero) is 1. The Morgan fingerprint density at radius 1 is 1.42 bits per heavy atom. The summed E-state index contributed by atoms with van der Waals surface area (Å²) in [6.07, 6.45) is -1.47. The summed E-state index contributed by atoms with van der Waals surface area (Å²) < 4.78 is 16.4. The minimum atomic E-state index is -1.41. The maximum absolute atomic E-state index is 12.4. The fourth-order valence-corrected chi connectivity index (χ4v) is 3.57. The molecule has 0 spiro atoms. The van der Waals surface area contributed by atoms with Gasteiger partial charge in [0.2, 0.25) is 0 Å². The number of ether oxygens (including phenoxy) is 3. The van der Waals surface area contributed by atoms with Crippen molar-refractivity contribution in [2.75, 3.05) is 0 Å². The summed E-state index contributed by atoms with van der Waals surface area (Å²) in [7, 11) is 0. The van der Waals surface area contributed by atoms with Gasteiger partial charge in [0, 0.05) is 12.0 Å². The van der Waals surface area contributed by atoms with Gasteiger partial charge in [0.15, 0.2) is 5.78 Å². The van der Waals surface area contributed by atoms with E-state index >= 15 is 0 Å². The Kier molecular flexibility index (Phi) is 4.56. The summed E-state index contributed by atoms with van der Waals surface area (Å²) in [4.78, 5) is 36.7. The number of rotatable bonds is 2. The van der Waals surface area contributed by atoms with Crippen LogP contribution in [0.25, 0.3) is 0 Å². The van der Waals surface area contributed by atoms with E-state index in [-0.39, 0.29) is 23.7 Å². The minimum Gasteiger partial charge on any atom is -0.461 e. The van der Waals surface area contributed by atoms with Crippen LogP contribution in [-0.2, 0) is 28.6 Å². The van der Waals surface area contributed by atoms with Gasteiger partial charge < -0.3 is 19.3 Å². The van der Waals surface area contributed by atoms with Crippen molar-refractivity contribution in [2.24, 2.45) is 11.8 Å². The Bertz CT molecular complexity index is 703. The van der Waals surface area contributed by atoms with Gasteiger partial charge in [-0.2, -0.15) is 0 Å². The van der Waals surface area contributed by atoms with Crippen LogP contribution in [0.5, 0.6) is 0 Å². The molecular formula is C19H24O7. The molecule has 142 valence electrons. The van der Waals surface area contributed by atoms with Crippen LogP contribution in [-0.4, -0.2) is 52.8 Å². The van der Waals surface area contributed by atoms with Gasteiger partial charge in [0.1, 0.15) is 24.4 Å². The van der Waals surface area contributed by atoms with Gasteiger partial charge in [0.05, 0.1) is 17.4 Å². The van der Waals surface area contributed by atoms with Crippen LogP contribution in [0.2, 0.25) is 0 Å². The molecule has 0 aromatic heterocycles. The van der Waals surface area contributed by atoms with Crippen molar-refractivity contribution in [3.63, 3.8) is 0 Å². The van der Waals surface area contributed by atoms with Gasteiger partial charge in [-0.3, -0.25) is 9.59 Å². The molecule has 7 nitrogen and oxygen atoms in total. The number of epoxide rings is 1. The van der Waals surface area contributed by atoms with Crippen LogP contribution in [0.15, 0.2) is 23.8 Å². The second-order valence-corrected chi connectivity index (χ2v) is 7.80. The molecule has 1 N–H and O–H groups in total. The molecule has 2 aliphatic heterocycles. The first-order valence-electron chi connectivity index (χ1n) is 8.73. The summed E-state index contributed by atoms with van der Waals surface area (Å²) in [6, 6.07) is 0. The maximum atomic E-state index is 12.4. The standard InChI is InChI=1S/C19H24O7/c1-8(2)17(21)25-12-7-19(5,23)16-15(26-16)14(20)9(3)6-11-13(12)10(4)18(22)24-11/h6,8,11-13,15-16,23H,4,7H2,1-3,5H3/b9-6-/t11-,12-,13+,15+,16+,19-/m1/s1. The molecule has 0 bridgehead atoms. The molecule has 6 atom stereocenters. The third-order valence-electron chi connectivity index (χ3n) is 5.18. The number of esters is 2. The molecular weight excluding hydrogens is 340 g/mol. The first-order chi connectivity index (χ1) is 12.0. The molecule has 0 saturated carbocycles. The van der Waals surface area contributed by atoms with Gasteiger partial charge >= 0.3 is 11.9 Å². The lowest BCUT2D eigenvalue weighted by Gasteiger charge is -2.32. The third kappa shape index (κ3) is 3.21. The number of fused-ring (bicyclic) bond motifs is 2. The van der Waals surface area contributed by atoms with Gasteiger partial charge in [0.25, 0.3) is 0 Å². The molecule has 3 rings (SSSR count). The molecule has 2 fully saturated rings. The minimum absolute atomic E-state index is 0.00359. The van der Waals surface area contributed by atoms with Crippen molar-refractivity contribution in [3.8, 4) is 0 Å². The fraction of sp³-hybridized carbons (Fsp3) is 0.632. The molecule has 7 heteroatoms. The predicted octanol–water partition coefficient (Wildman–Crippen LogP) is 1.09. The second kappa shape index (κ2) is 6.32. The van der Waals surface area contributed by atoms with E-state index in [1.807, 2.05) is 0 Å². The summed E-state index contributed by atoms with van der Waals surface area (Å²) in [6.45, 7) is 10.3. The topological polar surface area (TPSA) is 102 Å². The third-order valence-corrected chi connectivity index (χ3v) is 5.18. The van der Waals surface area contributed by atoms with E-state index in [9.17, 15) is 19.5 Å². The van der Waals surface area contributed by atoms with Gasteiger partial charge in [-0.15, -0.1) is 0 Å². The number of hydrogen-bond donors (Lipinski definition) is 1. The molecule has 0 radical (unpaired) electrons. The van der Waals surface area contributed by atoms with Crippen molar-refractivity contribution in [3.05, 3.63) is 23.8 Å². The van der Waals surface area contributed by atoms with E-state index in [2.05, 4.69) is 6.58 Å². The van der Waals surface area contributed by atoms with Gasteiger partial charge in [-0.1, -0.05) is 20.4 Å². The van der Waals surface area contributed by atoms with Crippen molar-refractivity contribution in [2.45, 2.75) is 64.1 Å². The summed E-state index contributed by atoms with van der Waals surface area (Å²) in [5.41, 5.74) is -0.865. The van der Waals surface area contributed by atoms with Crippen molar-refractivity contribution >= 4 is 17.7 Å². The second-order valence-electron chi connectivity index (χ2n) is 7.80. The van der Waals surface area contributed by atoms with E-state index in [1.54, 1.807) is 26.8 Å². The Balaban J connectivity index is 2.02. The van der Waals surface area contributed by atoms with Gasteiger partial charge in [-0.25, -0.2) is 4.79 Å². The normalized spacial score (nSPS) is 41.7. The van der Waals surface area contributed by atoms with E-state index in [0.29, 0.717) is 5.57 Å². The molecule has 0 amide bonds. The highest BCUT2D eigenvalue weighted by molar-refractivity contribution is 6.01. The molecule has 1 aliphatic carbocycles. The van der Waals surface area contributed by atoms with Crippen LogP contribution in [0.1, 0.15) is 34.1 Å². The average Bonchev–Trinajstić information content (AvgIpc) is 3.29. The smallest absolute Gasteiger partial charge is 0.334 e. The SMILES string of the molecule is C=C1C(=O)O[C@@H]2/C=C(/C)C(=O)[C@@H]3O[C@@H]3[C@](C)(O)C[C@@H](OC(=O)C(C)C)[C@@H]12. The van der Waals surface area contributed by atoms with E-state index < -0.39 is 47.9 Å². The van der Waals surface area contributed by atoms with Gasteiger partial charge in [-0.05, 0) is 25.5 Å². The molecule has 0 aromatic rings. The first-order valence-corrected chi connectivity index (χ1v) is 8.73.